The van der Waals surface area contributed by atoms with Crippen LogP contribution in [0.5, 0.6) is 11.5 Å². The lowest BCUT2D eigenvalue weighted by atomic mass is 9.80. The molecule has 3 rings (SSSR count). The number of rotatable bonds is 12. The molecule has 0 saturated heterocycles. The molecule has 0 unspecified atom stereocenters. The predicted molar refractivity (Wildman–Crippen MR) is 137 cm³/mol. The number of carbonyl (C=O) groups is 2. The Kier molecular flexibility index (Phi) is 9.99. The topological polar surface area (TPSA) is 115 Å². The second kappa shape index (κ2) is 13.6. The Hall–Kier alpha value is -4.21. The van der Waals surface area contributed by atoms with E-state index in [1.165, 1.54) is 0 Å². The first kappa shape index (κ1) is 26.4. The monoisotopic (exact) mass is 487 g/mol. The Labute approximate surface area is 209 Å². The van der Waals surface area contributed by atoms with Crippen LogP contribution >= 0.6 is 0 Å². The molecule has 184 valence electrons. The average Bonchev–Trinajstić information content (AvgIpc) is 2.90. The third-order valence-corrected chi connectivity index (χ3v) is 4.95. The van der Waals surface area contributed by atoms with Crippen LogP contribution in [-0.2, 0) is 9.53 Å². The lowest BCUT2D eigenvalue weighted by Gasteiger charge is -2.08. The zero-order valence-corrected chi connectivity index (χ0v) is 19.6. The van der Waals surface area contributed by atoms with Gasteiger partial charge in [0.2, 0.25) is 0 Å². The second-order valence-electron chi connectivity index (χ2n) is 7.63. The van der Waals surface area contributed by atoms with E-state index in [0.29, 0.717) is 47.8 Å². The van der Waals surface area contributed by atoms with E-state index in [-0.39, 0.29) is 0 Å². The molecule has 0 amide bonds. The Morgan fingerprint density at radius 3 is 2.14 bits per heavy atom. The van der Waals surface area contributed by atoms with E-state index in [1.807, 2.05) is 0 Å². The summed E-state index contributed by atoms with van der Waals surface area (Å²) < 4.78 is 16.0. The van der Waals surface area contributed by atoms with Crippen LogP contribution < -0.4 is 14.9 Å². The number of esters is 2. The van der Waals surface area contributed by atoms with E-state index in [9.17, 15) is 9.59 Å². The van der Waals surface area contributed by atoms with Gasteiger partial charge in [0.25, 0.3) is 0 Å². The van der Waals surface area contributed by atoms with Gasteiger partial charge in [-0.2, -0.15) is 0 Å². The summed E-state index contributed by atoms with van der Waals surface area (Å²) in [6, 6.07) is 20.1. The van der Waals surface area contributed by atoms with E-state index >= 15 is 0 Å². The molecule has 0 spiro atoms. The molecule has 3 aromatic carbocycles. The maximum atomic E-state index is 12.4. The fraction of sp³-hybridized carbons (Fsp3) is 0.148. The number of hydrogen-bond donors (Lipinski definition) is 2. The molecule has 0 aliphatic carbocycles. The largest absolute Gasteiger partial charge is 0.494 e. The van der Waals surface area contributed by atoms with Crippen LogP contribution in [0.25, 0.3) is 0 Å². The first-order valence-corrected chi connectivity index (χ1v) is 11.3. The van der Waals surface area contributed by atoms with Gasteiger partial charge in [-0.25, -0.2) is 9.59 Å². The third-order valence-electron chi connectivity index (χ3n) is 4.95. The average molecular weight is 487 g/mol. The second-order valence-corrected chi connectivity index (χ2v) is 7.63. The molecule has 3 aromatic rings. The van der Waals surface area contributed by atoms with Crippen molar-refractivity contribution < 1.29 is 33.8 Å². The molecule has 0 aliphatic rings. The lowest BCUT2D eigenvalue weighted by Crippen LogP contribution is -2.29. The van der Waals surface area contributed by atoms with Crippen molar-refractivity contribution in [2.24, 2.45) is 4.99 Å². The molecule has 0 radical (unpaired) electrons. The molecule has 8 nitrogen and oxygen atoms in total. The minimum absolute atomic E-state index is 0.317. The highest BCUT2D eigenvalue weighted by atomic mass is 16.5. The van der Waals surface area contributed by atoms with E-state index in [2.05, 4.69) is 11.6 Å². The molecule has 0 aromatic heterocycles. The Balaban J connectivity index is 1.44. The molecule has 2 N–H and O–H groups in total. The minimum atomic E-state index is -1.51. The van der Waals surface area contributed by atoms with Gasteiger partial charge in [-0.05, 0) is 84.5 Å². The zero-order chi connectivity index (χ0) is 25.8. The first-order valence-electron chi connectivity index (χ1n) is 11.3. The van der Waals surface area contributed by atoms with Crippen molar-refractivity contribution in [2.75, 3.05) is 13.2 Å². The summed E-state index contributed by atoms with van der Waals surface area (Å²) in [6.07, 6.45) is 4.18. The Morgan fingerprint density at radius 1 is 0.861 bits per heavy atom. The smallest absolute Gasteiger partial charge is 0.488 e. The van der Waals surface area contributed by atoms with Gasteiger partial charge >= 0.3 is 19.1 Å². The SMILES string of the molecule is C=CC(=O)OCCCCOc1ccc(C(=O)Oc2ccc(C=Nc3ccc(B(O)O)cc3)cc2)cc1. The molecular formula is C27H26BNO7. The van der Waals surface area contributed by atoms with Gasteiger partial charge in [-0.15, -0.1) is 0 Å². The van der Waals surface area contributed by atoms with Crippen LogP contribution in [0.1, 0.15) is 28.8 Å². The fourth-order valence-corrected chi connectivity index (χ4v) is 2.98. The van der Waals surface area contributed by atoms with Gasteiger partial charge < -0.3 is 24.3 Å². The number of ether oxygens (including phenoxy) is 3. The van der Waals surface area contributed by atoms with Crippen LogP contribution in [0.3, 0.4) is 0 Å². The van der Waals surface area contributed by atoms with Crippen LogP contribution in [0, 0.1) is 0 Å². The standard InChI is InChI=1S/C27H26BNO7/c1-2-26(30)35-18-4-3-17-34-24-15-7-21(8-16-24)27(31)36-25-13-5-20(6-14-25)19-29-23-11-9-22(10-12-23)28(32)33/h2,5-16,19,32-33H,1,3-4,17-18H2. The summed E-state index contributed by atoms with van der Waals surface area (Å²) >= 11 is 0. The number of benzene rings is 3. The normalized spacial score (nSPS) is 10.6. The highest BCUT2D eigenvalue weighted by molar-refractivity contribution is 6.58. The van der Waals surface area contributed by atoms with Crippen LogP contribution in [-0.4, -0.2) is 48.5 Å². The summed E-state index contributed by atoms with van der Waals surface area (Å²) in [6.45, 7) is 4.11. The number of nitrogens with zero attached hydrogens (tertiary/aromatic N) is 1. The van der Waals surface area contributed by atoms with Crippen LogP contribution in [0.4, 0.5) is 5.69 Å². The molecule has 36 heavy (non-hydrogen) atoms. The first-order chi connectivity index (χ1) is 17.4. The quantitative estimate of drug-likeness (QED) is 0.101. The van der Waals surface area contributed by atoms with Crippen molar-refractivity contribution in [3.8, 4) is 11.5 Å². The van der Waals surface area contributed by atoms with Crippen molar-refractivity contribution >= 4 is 36.4 Å². The van der Waals surface area contributed by atoms with E-state index in [4.69, 9.17) is 24.3 Å². The molecule has 0 fully saturated rings. The van der Waals surface area contributed by atoms with Gasteiger partial charge in [0.05, 0.1) is 24.5 Å². The molecule has 0 saturated carbocycles. The van der Waals surface area contributed by atoms with E-state index in [1.54, 1.807) is 79.0 Å². The lowest BCUT2D eigenvalue weighted by molar-refractivity contribution is -0.137. The highest BCUT2D eigenvalue weighted by Gasteiger charge is 2.10. The molecule has 9 heteroatoms. The zero-order valence-electron chi connectivity index (χ0n) is 19.6. The Morgan fingerprint density at radius 2 is 1.50 bits per heavy atom. The molecule has 0 bridgehead atoms. The van der Waals surface area contributed by atoms with Crippen molar-refractivity contribution in [1.82, 2.24) is 0 Å². The summed E-state index contributed by atoms with van der Waals surface area (Å²) in [5.41, 5.74) is 2.25. The fourth-order valence-electron chi connectivity index (χ4n) is 2.98. The minimum Gasteiger partial charge on any atom is -0.494 e. The van der Waals surface area contributed by atoms with E-state index < -0.39 is 19.1 Å². The van der Waals surface area contributed by atoms with Crippen molar-refractivity contribution in [3.63, 3.8) is 0 Å². The number of carbonyl (C=O) groups excluding carboxylic acids is 2. The van der Waals surface area contributed by atoms with E-state index in [0.717, 1.165) is 18.1 Å². The van der Waals surface area contributed by atoms with Crippen LogP contribution in [0.15, 0.2) is 90.4 Å². The third kappa shape index (κ3) is 8.54. The van der Waals surface area contributed by atoms with Gasteiger partial charge in [-0.1, -0.05) is 18.7 Å². The van der Waals surface area contributed by atoms with Crippen molar-refractivity contribution in [3.05, 3.63) is 96.6 Å². The van der Waals surface area contributed by atoms with Gasteiger partial charge in [0.15, 0.2) is 0 Å². The van der Waals surface area contributed by atoms with Gasteiger partial charge in [0.1, 0.15) is 11.5 Å². The number of unbranched alkanes of at least 4 members (excludes halogenated alkanes) is 1. The summed E-state index contributed by atoms with van der Waals surface area (Å²) in [5.74, 6) is 0.0992. The maximum absolute atomic E-state index is 12.4. The maximum Gasteiger partial charge on any atom is 0.488 e. The highest BCUT2D eigenvalue weighted by Crippen LogP contribution is 2.17. The number of hydrogen-bond acceptors (Lipinski definition) is 8. The van der Waals surface area contributed by atoms with Crippen molar-refractivity contribution in [1.29, 1.82) is 0 Å². The molecular weight excluding hydrogens is 461 g/mol. The Bertz CT molecular complexity index is 1170. The van der Waals surface area contributed by atoms with Crippen molar-refractivity contribution in [2.45, 2.75) is 12.8 Å². The van der Waals surface area contributed by atoms with Gasteiger partial charge in [0, 0.05) is 12.3 Å². The number of aliphatic imine (C=N–C) groups is 1. The molecule has 0 aliphatic heterocycles. The molecule has 0 heterocycles. The molecule has 0 atom stereocenters. The van der Waals surface area contributed by atoms with Gasteiger partial charge in [-0.3, -0.25) is 4.99 Å². The predicted octanol–water partition coefficient (Wildman–Crippen LogP) is 3.22. The summed E-state index contributed by atoms with van der Waals surface area (Å²) in [7, 11) is -1.51. The summed E-state index contributed by atoms with van der Waals surface area (Å²) in [4.78, 5) is 27.7. The summed E-state index contributed by atoms with van der Waals surface area (Å²) in [5, 5.41) is 18.3. The van der Waals surface area contributed by atoms with Crippen LogP contribution in [0.2, 0.25) is 0 Å².